The first-order chi connectivity index (χ1) is 6.09. The Bertz CT molecular complexity index is 139. The SMILES string of the molecule is CC(O)CC(C)N1CCC(C)CC1. The van der Waals surface area contributed by atoms with E-state index >= 15 is 0 Å². The van der Waals surface area contributed by atoms with E-state index < -0.39 is 0 Å². The molecule has 1 aliphatic rings. The molecule has 1 aliphatic heterocycles. The molecule has 2 nitrogen and oxygen atoms in total. The van der Waals surface area contributed by atoms with E-state index in [0.717, 1.165) is 12.3 Å². The van der Waals surface area contributed by atoms with Crippen LogP contribution in [0.5, 0.6) is 0 Å². The lowest BCUT2D eigenvalue weighted by Gasteiger charge is -2.35. The molecule has 1 heterocycles. The summed E-state index contributed by atoms with van der Waals surface area (Å²) in [5, 5.41) is 9.28. The summed E-state index contributed by atoms with van der Waals surface area (Å²) in [4.78, 5) is 2.51. The van der Waals surface area contributed by atoms with Gasteiger partial charge in [0.05, 0.1) is 6.10 Å². The molecule has 0 aliphatic carbocycles. The van der Waals surface area contributed by atoms with Gasteiger partial charge in [0.1, 0.15) is 0 Å². The Morgan fingerprint density at radius 1 is 1.31 bits per heavy atom. The summed E-state index contributed by atoms with van der Waals surface area (Å²) < 4.78 is 0. The molecule has 0 spiro atoms. The predicted octanol–water partition coefficient (Wildman–Crippen LogP) is 1.88. The zero-order valence-electron chi connectivity index (χ0n) is 9.16. The van der Waals surface area contributed by atoms with Crippen molar-refractivity contribution < 1.29 is 5.11 Å². The van der Waals surface area contributed by atoms with Crippen LogP contribution >= 0.6 is 0 Å². The van der Waals surface area contributed by atoms with Gasteiger partial charge in [-0.15, -0.1) is 0 Å². The second-order valence-electron chi connectivity index (χ2n) is 4.65. The van der Waals surface area contributed by atoms with Crippen LogP contribution in [0.25, 0.3) is 0 Å². The van der Waals surface area contributed by atoms with E-state index in [1.54, 1.807) is 0 Å². The molecular weight excluding hydrogens is 162 g/mol. The fraction of sp³-hybridized carbons (Fsp3) is 1.00. The van der Waals surface area contributed by atoms with Crippen LogP contribution in [0, 0.1) is 5.92 Å². The standard InChI is InChI=1S/C11H23NO/c1-9-4-6-12(7-5-9)10(2)8-11(3)13/h9-11,13H,4-8H2,1-3H3. The van der Waals surface area contributed by atoms with Crippen molar-refractivity contribution in [1.29, 1.82) is 0 Å². The Kier molecular flexibility index (Phi) is 4.20. The molecule has 0 amide bonds. The molecule has 1 saturated heterocycles. The van der Waals surface area contributed by atoms with E-state index in [0.29, 0.717) is 6.04 Å². The fourth-order valence-corrected chi connectivity index (χ4v) is 2.11. The van der Waals surface area contributed by atoms with Crippen LogP contribution in [0.2, 0.25) is 0 Å². The van der Waals surface area contributed by atoms with Gasteiger partial charge in [-0.1, -0.05) is 6.92 Å². The maximum atomic E-state index is 9.28. The normalized spacial score (nSPS) is 25.8. The van der Waals surface area contributed by atoms with Crippen LogP contribution in [0.3, 0.4) is 0 Å². The summed E-state index contributed by atoms with van der Waals surface area (Å²) in [6.45, 7) is 8.87. The van der Waals surface area contributed by atoms with Crippen molar-refractivity contribution in [2.75, 3.05) is 13.1 Å². The maximum Gasteiger partial charge on any atom is 0.0526 e. The molecule has 0 aromatic heterocycles. The lowest BCUT2D eigenvalue weighted by atomic mass is 9.97. The number of hydrogen-bond donors (Lipinski definition) is 1. The maximum absolute atomic E-state index is 9.28. The number of hydrogen-bond acceptors (Lipinski definition) is 2. The van der Waals surface area contributed by atoms with Crippen LogP contribution < -0.4 is 0 Å². The van der Waals surface area contributed by atoms with Crippen molar-refractivity contribution in [2.45, 2.75) is 52.2 Å². The van der Waals surface area contributed by atoms with Gasteiger partial charge in [0.2, 0.25) is 0 Å². The molecule has 2 heteroatoms. The van der Waals surface area contributed by atoms with Crippen molar-refractivity contribution >= 4 is 0 Å². The molecule has 13 heavy (non-hydrogen) atoms. The quantitative estimate of drug-likeness (QED) is 0.725. The average Bonchev–Trinajstić information content (AvgIpc) is 2.04. The van der Waals surface area contributed by atoms with Crippen LogP contribution in [0.15, 0.2) is 0 Å². The molecule has 0 saturated carbocycles. The molecular formula is C11H23NO. The minimum absolute atomic E-state index is 0.158. The number of likely N-dealkylation sites (tertiary alicyclic amines) is 1. The Balaban J connectivity index is 2.27. The minimum Gasteiger partial charge on any atom is -0.393 e. The molecule has 2 unspecified atom stereocenters. The van der Waals surface area contributed by atoms with Gasteiger partial charge >= 0.3 is 0 Å². The number of piperidine rings is 1. The van der Waals surface area contributed by atoms with E-state index in [9.17, 15) is 5.11 Å². The van der Waals surface area contributed by atoms with E-state index in [2.05, 4.69) is 18.7 Å². The first kappa shape index (κ1) is 11.0. The van der Waals surface area contributed by atoms with Crippen molar-refractivity contribution in [3.05, 3.63) is 0 Å². The van der Waals surface area contributed by atoms with E-state index in [4.69, 9.17) is 0 Å². The Morgan fingerprint density at radius 2 is 1.85 bits per heavy atom. The Hall–Kier alpha value is -0.0800. The summed E-state index contributed by atoms with van der Waals surface area (Å²) in [5.41, 5.74) is 0. The monoisotopic (exact) mass is 185 g/mol. The second kappa shape index (κ2) is 4.97. The summed E-state index contributed by atoms with van der Waals surface area (Å²) in [5.74, 6) is 0.898. The first-order valence-electron chi connectivity index (χ1n) is 5.51. The molecule has 1 N–H and O–H groups in total. The molecule has 1 rings (SSSR count). The first-order valence-corrected chi connectivity index (χ1v) is 5.51. The highest BCUT2D eigenvalue weighted by Crippen LogP contribution is 2.19. The van der Waals surface area contributed by atoms with Gasteiger partial charge in [-0.25, -0.2) is 0 Å². The molecule has 78 valence electrons. The van der Waals surface area contributed by atoms with E-state index in [1.165, 1.54) is 25.9 Å². The summed E-state index contributed by atoms with van der Waals surface area (Å²) in [7, 11) is 0. The summed E-state index contributed by atoms with van der Waals surface area (Å²) in [6.07, 6.45) is 3.40. The number of rotatable bonds is 3. The van der Waals surface area contributed by atoms with E-state index in [1.807, 2.05) is 6.92 Å². The van der Waals surface area contributed by atoms with Crippen LogP contribution in [0.4, 0.5) is 0 Å². The molecule has 1 fully saturated rings. The topological polar surface area (TPSA) is 23.5 Å². The van der Waals surface area contributed by atoms with E-state index in [-0.39, 0.29) is 6.10 Å². The highest BCUT2D eigenvalue weighted by molar-refractivity contribution is 4.75. The third-order valence-electron chi connectivity index (χ3n) is 3.12. The summed E-state index contributed by atoms with van der Waals surface area (Å²) >= 11 is 0. The van der Waals surface area contributed by atoms with Gasteiger partial charge in [-0.05, 0) is 52.1 Å². The molecule has 0 bridgehead atoms. The highest BCUT2D eigenvalue weighted by Gasteiger charge is 2.20. The number of nitrogens with zero attached hydrogens (tertiary/aromatic N) is 1. The second-order valence-corrected chi connectivity index (χ2v) is 4.65. The van der Waals surface area contributed by atoms with Gasteiger partial charge in [-0.2, -0.15) is 0 Å². The van der Waals surface area contributed by atoms with Gasteiger partial charge in [0.15, 0.2) is 0 Å². The third-order valence-corrected chi connectivity index (χ3v) is 3.12. The molecule has 2 atom stereocenters. The zero-order valence-corrected chi connectivity index (χ0v) is 9.16. The lowest BCUT2D eigenvalue weighted by molar-refractivity contribution is 0.0953. The average molecular weight is 185 g/mol. The van der Waals surface area contributed by atoms with Gasteiger partial charge < -0.3 is 10.0 Å². The van der Waals surface area contributed by atoms with Crippen LogP contribution in [-0.4, -0.2) is 35.2 Å². The highest BCUT2D eigenvalue weighted by atomic mass is 16.3. The third kappa shape index (κ3) is 3.65. The minimum atomic E-state index is -0.158. The van der Waals surface area contributed by atoms with Gasteiger partial charge in [0.25, 0.3) is 0 Å². The molecule has 0 radical (unpaired) electrons. The van der Waals surface area contributed by atoms with Crippen molar-refractivity contribution in [1.82, 2.24) is 4.90 Å². The molecule has 0 aromatic rings. The van der Waals surface area contributed by atoms with Gasteiger partial charge in [-0.3, -0.25) is 0 Å². The van der Waals surface area contributed by atoms with Crippen molar-refractivity contribution in [3.8, 4) is 0 Å². The van der Waals surface area contributed by atoms with Crippen molar-refractivity contribution in [2.24, 2.45) is 5.92 Å². The lowest BCUT2D eigenvalue weighted by Crippen LogP contribution is -2.40. The smallest absolute Gasteiger partial charge is 0.0526 e. The Labute approximate surface area is 81.9 Å². The number of aliphatic hydroxyl groups excluding tert-OH is 1. The van der Waals surface area contributed by atoms with Crippen LogP contribution in [-0.2, 0) is 0 Å². The number of aliphatic hydroxyl groups is 1. The van der Waals surface area contributed by atoms with Crippen molar-refractivity contribution in [3.63, 3.8) is 0 Å². The Morgan fingerprint density at radius 3 is 2.31 bits per heavy atom. The van der Waals surface area contributed by atoms with Crippen LogP contribution in [0.1, 0.15) is 40.0 Å². The summed E-state index contributed by atoms with van der Waals surface area (Å²) in [6, 6.07) is 0.549. The largest absolute Gasteiger partial charge is 0.393 e. The zero-order chi connectivity index (χ0) is 9.84. The predicted molar refractivity (Wildman–Crippen MR) is 55.7 cm³/mol. The van der Waals surface area contributed by atoms with Gasteiger partial charge in [0, 0.05) is 6.04 Å². The fourth-order valence-electron chi connectivity index (χ4n) is 2.11. The molecule has 0 aromatic carbocycles.